The molecule has 0 aliphatic heterocycles. The Bertz CT molecular complexity index is 763. The fourth-order valence-corrected chi connectivity index (χ4v) is 3.27. The number of benzene rings is 1. The zero-order valence-corrected chi connectivity index (χ0v) is 15.3. The van der Waals surface area contributed by atoms with E-state index in [0.29, 0.717) is 30.2 Å². The summed E-state index contributed by atoms with van der Waals surface area (Å²) in [5, 5.41) is 0. The molecule has 0 bridgehead atoms. The second kappa shape index (κ2) is 7.06. The van der Waals surface area contributed by atoms with Crippen LogP contribution in [0, 0.1) is 5.92 Å². The lowest BCUT2D eigenvalue weighted by Gasteiger charge is -2.21. The minimum atomic E-state index is 0.000980. The Morgan fingerprint density at radius 2 is 1.85 bits per heavy atom. The van der Waals surface area contributed by atoms with Crippen LogP contribution in [0.15, 0.2) is 40.8 Å². The maximum Gasteiger partial charge on any atom is 0.261 e. The molecule has 0 N–H and O–H groups in total. The van der Waals surface area contributed by atoms with Gasteiger partial charge in [-0.05, 0) is 61.6 Å². The van der Waals surface area contributed by atoms with Gasteiger partial charge < -0.3 is 18.8 Å². The molecule has 2 unspecified atom stereocenters. The Hall–Kier alpha value is -2.43. The first-order valence-corrected chi connectivity index (χ1v) is 9.29. The minimum Gasteiger partial charge on any atom is -0.497 e. The van der Waals surface area contributed by atoms with Gasteiger partial charge in [-0.1, -0.05) is 6.92 Å². The zero-order valence-electron chi connectivity index (χ0n) is 15.3. The molecule has 2 aliphatic rings. The molecular weight excluding hydrogens is 330 g/mol. The van der Waals surface area contributed by atoms with Crippen molar-refractivity contribution in [2.45, 2.75) is 44.7 Å². The third kappa shape index (κ3) is 3.87. The lowest BCUT2D eigenvalue weighted by Crippen LogP contribution is -2.36. The van der Waals surface area contributed by atoms with Crippen LogP contribution in [0.25, 0.3) is 0 Å². The lowest BCUT2D eigenvalue weighted by molar-refractivity contribution is -0.134. The van der Waals surface area contributed by atoms with Crippen LogP contribution in [0.4, 0.5) is 0 Å². The van der Waals surface area contributed by atoms with Crippen molar-refractivity contribution in [3.63, 3.8) is 0 Å². The molecule has 1 aromatic heterocycles. The van der Waals surface area contributed by atoms with Crippen molar-refractivity contribution in [1.29, 1.82) is 0 Å². The van der Waals surface area contributed by atoms with Gasteiger partial charge in [0.1, 0.15) is 23.0 Å². The summed E-state index contributed by atoms with van der Waals surface area (Å²) in [5.74, 6) is 4.63. The summed E-state index contributed by atoms with van der Waals surface area (Å²) in [7, 11) is 1.62. The van der Waals surface area contributed by atoms with Crippen LogP contribution in [0.3, 0.4) is 0 Å². The number of nitrogens with zero attached hydrogens (tertiary/aromatic N) is 1. The molecule has 138 valence electrons. The van der Waals surface area contributed by atoms with Gasteiger partial charge in [0.25, 0.3) is 5.91 Å². The van der Waals surface area contributed by atoms with E-state index >= 15 is 0 Å². The van der Waals surface area contributed by atoms with Gasteiger partial charge in [0.2, 0.25) is 0 Å². The number of hydrogen-bond acceptors (Lipinski definition) is 4. The molecule has 2 aliphatic carbocycles. The second-order valence-electron chi connectivity index (χ2n) is 7.34. The highest BCUT2D eigenvalue weighted by atomic mass is 16.5. The van der Waals surface area contributed by atoms with E-state index in [0.717, 1.165) is 30.1 Å². The van der Waals surface area contributed by atoms with Crippen LogP contribution in [0.2, 0.25) is 0 Å². The smallest absolute Gasteiger partial charge is 0.261 e. The third-order valence-corrected chi connectivity index (χ3v) is 5.21. The first-order chi connectivity index (χ1) is 12.6. The molecule has 26 heavy (non-hydrogen) atoms. The van der Waals surface area contributed by atoms with Gasteiger partial charge in [0.15, 0.2) is 6.61 Å². The fourth-order valence-electron chi connectivity index (χ4n) is 3.27. The quantitative estimate of drug-likeness (QED) is 0.719. The van der Waals surface area contributed by atoms with Gasteiger partial charge in [-0.2, -0.15) is 0 Å². The molecule has 2 fully saturated rings. The summed E-state index contributed by atoms with van der Waals surface area (Å²) < 4.78 is 16.8. The van der Waals surface area contributed by atoms with Gasteiger partial charge >= 0.3 is 0 Å². The fraction of sp³-hybridized carbons (Fsp3) is 0.476. The van der Waals surface area contributed by atoms with Crippen LogP contribution < -0.4 is 9.47 Å². The predicted octanol–water partition coefficient (Wildman–Crippen LogP) is 3.98. The third-order valence-electron chi connectivity index (χ3n) is 5.21. The maximum absolute atomic E-state index is 12.7. The molecule has 1 amide bonds. The highest BCUT2D eigenvalue weighted by Crippen LogP contribution is 2.47. The van der Waals surface area contributed by atoms with Crippen molar-refractivity contribution in [2.75, 3.05) is 13.7 Å². The predicted molar refractivity (Wildman–Crippen MR) is 97.3 cm³/mol. The number of rotatable bonds is 8. The average molecular weight is 355 g/mol. The first-order valence-electron chi connectivity index (χ1n) is 9.29. The summed E-state index contributed by atoms with van der Waals surface area (Å²) >= 11 is 0. The normalized spacial score (nSPS) is 21.3. The second-order valence-corrected chi connectivity index (χ2v) is 7.34. The van der Waals surface area contributed by atoms with E-state index in [4.69, 9.17) is 13.9 Å². The topological polar surface area (TPSA) is 51.9 Å². The summed E-state index contributed by atoms with van der Waals surface area (Å²) in [6.07, 6.45) is 3.32. The van der Waals surface area contributed by atoms with Gasteiger partial charge in [0, 0.05) is 12.0 Å². The number of ether oxygens (including phenoxy) is 2. The van der Waals surface area contributed by atoms with Crippen LogP contribution in [0.5, 0.6) is 11.5 Å². The Morgan fingerprint density at radius 3 is 2.46 bits per heavy atom. The molecule has 2 aromatic rings. The van der Waals surface area contributed by atoms with Crippen LogP contribution >= 0.6 is 0 Å². The molecule has 2 atom stereocenters. The van der Waals surface area contributed by atoms with Crippen molar-refractivity contribution in [2.24, 2.45) is 5.92 Å². The van der Waals surface area contributed by atoms with Crippen molar-refractivity contribution in [3.8, 4) is 11.5 Å². The highest BCUT2D eigenvalue weighted by Gasteiger charge is 2.37. The monoisotopic (exact) mass is 355 g/mol. The van der Waals surface area contributed by atoms with E-state index in [1.54, 1.807) is 7.11 Å². The molecular formula is C21H25NO4. The summed E-state index contributed by atoms with van der Waals surface area (Å²) in [6.45, 7) is 2.80. The number of hydrogen-bond donors (Lipinski definition) is 0. The van der Waals surface area contributed by atoms with Crippen LogP contribution in [-0.2, 0) is 11.3 Å². The first kappa shape index (κ1) is 17.0. The highest BCUT2D eigenvalue weighted by molar-refractivity contribution is 5.78. The molecule has 1 aromatic carbocycles. The van der Waals surface area contributed by atoms with E-state index in [1.807, 2.05) is 35.2 Å². The van der Waals surface area contributed by atoms with E-state index < -0.39 is 0 Å². The Morgan fingerprint density at radius 1 is 1.15 bits per heavy atom. The molecule has 1 heterocycles. The van der Waals surface area contributed by atoms with Crippen molar-refractivity contribution in [3.05, 3.63) is 47.9 Å². The van der Waals surface area contributed by atoms with Crippen molar-refractivity contribution < 1.29 is 18.7 Å². The molecule has 4 rings (SSSR count). The number of furan rings is 1. The Kier molecular flexibility index (Phi) is 4.62. The van der Waals surface area contributed by atoms with E-state index in [9.17, 15) is 4.79 Å². The number of methoxy groups -OCH3 is 1. The van der Waals surface area contributed by atoms with Crippen LogP contribution in [0.1, 0.15) is 43.6 Å². The van der Waals surface area contributed by atoms with E-state index in [2.05, 4.69) is 13.0 Å². The molecule has 5 nitrogen and oxygen atoms in total. The Balaban J connectivity index is 1.34. The number of carbonyl (C=O) groups is 1. The van der Waals surface area contributed by atoms with E-state index in [1.165, 1.54) is 6.42 Å². The van der Waals surface area contributed by atoms with Crippen molar-refractivity contribution >= 4 is 5.91 Å². The molecule has 0 saturated heterocycles. The summed E-state index contributed by atoms with van der Waals surface area (Å²) in [6, 6.07) is 11.6. The summed E-state index contributed by atoms with van der Waals surface area (Å²) in [4.78, 5) is 14.6. The van der Waals surface area contributed by atoms with Gasteiger partial charge in [-0.3, -0.25) is 4.79 Å². The van der Waals surface area contributed by atoms with Crippen molar-refractivity contribution in [1.82, 2.24) is 4.90 Å². The molecule has 0 radical (unpaired) electrons. The standard InChI is InChI=1S/C21H25NO4/c1-14-11-19(14)20-10-9-18(26-20)12-22(15-3-4-15)21(23)13-25-17-7-5-16(24-2)6-8-17/h5-10,14-15,19H,3-4,11-13H2,1-2H3. The zero-order chi connectivity index (χ0) is 18.1. The summed E-state index contributed by atoms with van der Waals surface area (Å²) in [5.41, 5.74) is 0. The number of amides is 1. The maximum atomic E-state index is 12.7. The van der Waals surface area contributed by atoms with Gasteiger partial charge in [-0.25, -0.2) is 0 Å². The minimum absolute atomic E-state index is 0.000980. The van der Waals surface area contributed by atoms with Crippen LogP contribution in [-0.4, -0.2) is 30.6 Å². The van der Waals surface area contributed by atoms with Gasteiger partial charge in [-0.15, -0.1) is 0 Å². The number of carbonyl (C=O) groups excluding carboxylic acids is 1. The largest absolute Gasteiger partial charge is 0.497 e. The molecule has 0 spiro atoms. The average Bonchev–Trinajstić information content (AvgIpc) is 3.58. The SMILES string of the molecule is COc1ccc(OCC(=O)N(Cc2ccc(C3CC3C)o2)C2CC2)cc1. The van der Waals surface area contributed by atoms with E-state index in [-0.39, 0.29) is 12.5 Å². The Labute approximate surface area is 153 Å². The van der Waals surface area contributed by atoms with Gasteiger partial charge in [0.05, 0.1) is 13.7 Å². The lowest BCUT2D eigenvalue weighted by atomic mass is 10.3. The molecule has 2 saturated carbocycles. The molecule has 5 heteroatoms.